The maximum Gasteiger partial charge on any atom is 0.270 e. The second-order valence-electron chi connectivity index (χ2n) is 8.66. The molecule has 34 heavy (non-hydrogen) atoms. The molecule has 0 radical (unpaired) electrons. The minimum Gasteiger partial charge on any atom is -0.385 e. The zero-order chi connectivity index (χ0) is 24.3. The molecule has 1 aliphatic heterocycles. The molecular formula is C27H27BrN2O3S. The van der Waals surface area contributed by atoms with Gasteiger partial charge in [-0.2, -0.15) is 0 Å². The number of carbonyl (C=O) groups is 2. The zero-order valence-corrected chi connectivity index (χ0v) is 21.6. The van der Waals surface area contributed by atoms with Gasteiger partial charge in [-0.05, 0) is 85.2 Å². The fourth-order valence-electron chi connectivity index (χ4n) is 4.04. The zero-order valence-electron chi connectivity index (χ0n) is 19.2. The molecule has 0 atom stereocenters. The van der Waals surface area contributed by atoms with Crippen molar-refractivity contribution in [1.82, 2.24) is 10.2 Å². The summed E-state index contributed by atoms with van der Waals surface area (Å²) in [5.41, 5.74) is 2.74. The SMILES string of the molecule is Cc1ccc(C(=O)N/C(=C/c2cccs2)C(=O)N2CCC(O)(c3ccc(Br)cc3)CC2)cc1C. The second-order valence-corrected chi connectivity index (χ2v) is 10.6. The standard InChI is InChI=1S/C27H27BrN2O3S/c1-18-5-6-20(16-19(18)2)25(31)29-24(17-23-4-3-15-34-23)26(32)30-13-11-27(33,12-14-30)21-7-9-22(28)10-8-21/h3-10,15-17,33H,11-14H2,1-2H3,(H,29,31)/b24-17+. The molecule has 176 valence electrons. The molecule has 0 bridgehead atoms. The highest BCUT2D eigenvalue weighted by Gasteiger charge is 2.36. The van der Waals surface area contributed by atoms with Gasteiger partial charge in [0.1, 0.15) is 5.70 Å². The second kappa shape index (κ2) is 10.3. The van der Waals surface area contributed by atoms with Crippen LogP contribution in [0.2, 0.25) is 0 Å². The monoisotopic (exact) mass is 538 g/mol. The highest BCUT2D eigenvalue weighted by Crippen LogP contribution is 2.34. The van der Waals surface area contributed by atoms with Crippen molar-refractivity contribution in [3.8, 4) is 0 Å². The number of thiophene rings is 1. The number of piperidine rings is 1. The van der Waals surface area contributed by atoms with Gasteiger partial charge in [-0.15, -0.1) is 11.3 Å². The van der Waals surface area contributed by atoms with Crippen LogP contribution < -0.4 is 5.32 Å². The molecule has 2 heterocycles. The van der Waals surface area contributed by atoms with Gasteiger partial charge in [0.15, 0.2) is 0 Å². The number of hydrogen-bond donors (Lipinski definition) is 2. The van der Waals surface area contributed by atoms with Gasteiger partial charge in [-0.1, -0.05) is 40.2 Å². The number of rotatable bonds is 5. The highest BCUT2D eigenvalue weighted by molar-refractivity contribution is 9.10. The third-order valence-corrected chi connectivity index (χ3v) is 7.68. The van der Waals surface area contributed by atoms with Gasteiger partial charge >= 0.3 is 0 Å². The molecular weight excluding hydrogens is 512 g/mol. The molecule has 1 fully saturated rings. The number of nitrogens with one attached hydrogen (secondary N) is 1. The third-order valence-electron chi connectivity index (χ3n) is 6.34. The molecule has 3 aromatic rings. The van der Waals surface area contributed by atoms with E-state index in [1.165, 1.54) is 11.3 Å². The van der Waals surface area contributed by atoms with Crippen molar-refractivity contribution in [3.63, 3.8) is 0 Å². The number of carbonyl (C=O) groups excluding carboxylic acids is 2. The van der Waals surface area contributed by atoms with E-state index in [0.29, 0.717) is 31.5 Å². The Balaban J connectivity index is 1.52. The van der Waals surface area contributed by atoms with Crippen LogP contribution in [0.4, 0.5) is 0 Å². The number of likely N-dealkylation sites (tertiary alicyclic amines) is 1. The first-order valence-corrected chi connectivity index (χ1v) is 12.8. The van der Waals surface area contributed by atoms with E-state index in [9.17, 15) is 14.7 Å². The first-order chi connectivity index (χ1) is 16.2. The van der Waals surface area contributed by atoms with Gasteiger partial charge in [0.05, 0.1) is 5.60 Å². The molecule has 1 saturated heterocycles. The van der Waals surface area contributed by atoms with Crippen molar-refractivity contribution in [2.45, 2.75) is 32.3 Å². The van der Waals surface area contributed by atoms with Gasteiger partial charge in [0, 0.05) is 28.0 Å². The van der Waals surface area contributed by atoms with Crippen LogP contribution in [0, 0.1) is 13.8 Å². The largest absolute Gasteiger partial charge is 0.385 e. The van der Waals surface area contributed by atoms with Crippen molar-refractivity contribution in [2.75, 3.05) is 13.1 Å². The van der Waals surface area contributed by atoms with Crippen molar-refractivity contribution in [1.29, 1.82) is 0 Å². The summed E-state index contributed by atoms with van der Waals surface area (Å²) >= 11 is 4.92. The lowest BCUT2D eigenvalue weighted by Gasteiger charge is -2.38. The number of nitrogens with zero attached hydrogens (tertiary/aromatic N) is 1. The summed E-state index contributed by atoms with van der Waals surface area (Å²) in [6.45, 7) is 4.74. The van der Waals surface area contributed by atoms with E-state index in [1.54, 1.807) is 17.0 Å². The fourth-order valence-corrected chi connectivity index (χ4v) is 4.96. The van der Waals surface area contributed by atoms with Crippen LogP contribution in [0.25, 0.3) is 6.08 Å². The quantitative estimate of drug-likeness (QED) is 0.426. The predicted molar refractivity (Wildman–Crippen MR) is 140 cm³/mol. The molecule has 7 heteroatoms. The van der Waals surface area contributed by atoms with E-state index < -0.39 is 5.60 Å². The van der Waals surface area contributed by atoms with Crippen LogP contribution in [-0.4, -0.2) is 34.9 Å². The maximum absolute atomic E-state index is 13.5. The summed E-state index contributed by atoms with van der Waals surface area (Å²) in [6, 6.07) is 17.0. The Labute approximate surface area is 212 Å². The summed E-state index contributed by atoms with van der Waals surface area (Å²) in [6.07, 6.45) is 2.58. The number of benzene rings is 2. The van der Waals surface area contributed by atoms with Crippen LogP contribution in [0.15, 0.2) is 70.1 Å². The molecule has 2 N–H and O–H groups in total. The molecule has 0 spiro atoms. The summed E-state index contributed by atoms with van der Waals surface area (Å²) in [5, 5.41) is 16.0. The van der Waals surface area contributed by atoms with Crippen molar-refractivity contribution >= 4 is 45.2 Å². The van der Waals surface area contributed by atoms with Crippen molar-refractivity contribution < 1.29 is 14.7 Å². The van der Waals surface area contributed by atoms with Crippen molar-refractivity contribution in [2.24, 2.45) is 0 Å². The number of aryl methyl sites for hydroxylation is 2. The molecule has 0 saturated carbocycles. The summed E-state index contributed by atoms with van der Waals surface area (Å²) in [5.74, 6) is -0.564. The Morgan fingerprint density at radius 1 is 1.06 bits per heavy atom. The van der Waals surface area contributed by atoms with Crippen LogP contribution in [0.5, 0.6) is 0 Å². The van der Waals surface area contributed by atoms with Crippen LogP contribution in [0.3, 0.4) is 0 Å². The average molecular weight is 539 g/mol. The number of amides is 2. The first kappa shape index (κ1) is 24.4. The van der Waals surface area contributed by atoms with Crippen LogP contribution >= 0.6 is 27.3 Å². The van der Waals surface area contributed by atoms with E-state index in [4.69, 9.17) is 0 Å². The summed E-state index contributed by atoms with van der Waals surface area (Å²) in [4.78, 5) is 29.0. The Hall–Kier alpha value is -2.74. The van der Waals surface area contributed by atoms with Gasteiger partial charge in [-0.3, -0.25) is 9.59 Å². The number of halogens is 1. The number of hydrogen-bond acceptors (Lipinski definition) is 4. The Kier molecular flexibility index (Phi) is 7.36. The molecule has 1 aromatic heterocycles. The van der Waals surface area contributed by atoms with Crippen LogP contribution in [-0.2, 0) is 10.4 Å². The van der Waals surface area contributed by atoms with Gasteiger partial charge < -0.3 is 15.3 Å². The van der Waals surface area contributed by atoms with Gasteiger partial charge in [0.2, 0.25) is 0 Å². The molecule has 0 unspecified atom stereocenters. The Bertz CT molecular complexity index is 1210. The first-order valence-electron chi connectivity index (χ1n) is 11.2. The molecule has 0 aliphatic carbocycles. The number of aliphatic hydroxyl groups is 1. The Morgan fingerprint density at radius 2 is 1.76 bits per heavy atom. The van der Waals surface area contributed by atoms with E-state index >= 15 is 0 Å². The van der Waals surface area contributed by atoms with Gasteiger partial charge in [0.25, 0.3) is 11.8 Å². The van der Waals surface area contributed by atoms with Crippen LogP contribution in [0.1, 0.15) is 44.8 Å². The fraction of sp³-hybridized carbons (Fsp3) is 0.259. The van der Waals surface area contributed by atoms with E-state index in [1.807, 2.05) is 67.8 Å². The topological polar surface area (TPSA) is 69.6 Å². The average Bonchev–Trinajstić information content (AvgIpc) is 3.34. The maximum atomic E-state index is 13.5. The molecule has 1 aliphatic rings. The smallest absolute Gasteiger partial charge is 0.270 e. The van der Waals surface area contributed by atoms with Crippen molar-refractivity contribution in [3.05, 3.63) is 97.3 Å². The molecule has 5 nitrogen and oxygen atoms in total. The summed E-state index contributed by atoms with van der Waals surface area (Å²) < 4.78 is 0.954. The van der Waals surface area contributed by atoms with Gasteiger partial charge in [-0.25, -0.2) is 0 Å². The summed E-state index contributed by atoms with van der Waals surface area (Å²) in [7, 11) is 0. The van der Waals surface area contributed by atoms with E-state index in [0.717, 1.165) is 26.0 Å². The highest BCUT2D eigenvalue weighted by atomic mass is 79.9. The minimum absolute atomic E-state index is 0.236. The molecule has 2 amide bonds. The molecule has 4 rings (SSSR count). The predicted octanol–water partition coefficient (Wildman–Crippen LogP) is 5.41. The lowest BCUT2D eigenvalue weighted by atomic mass is 9.84. The normalized spacial score (nSPS) is 15.8. The van der Waals surface area contributed by atoms with E-state index in [-0.39, 0.29) is 17.5 Å². The minimum atomic E-state index is -0.974. The lowest BCUT2D eigenvalue weighted by Crippen LogP contribution is -2.47. The lowest BCUT2D eigenvalue weighted by molar-refractivity contribution is -0.131. The van der Waals surface area contributed by atoms with E-state index in [2.05, 4.69) is 21.2 Å². The Morgan fingerprint density at radius 3 is 2.38 bits per heavy atom. The molecule has 2 aromatic carbocycles. The third kappa shape index (κ3) is 5.49.